The molecule has 1 heterocycles. The zero-order valence-electron chi connectivity index (χ0n) is 15.3. The number of rotatable bonds is 6. The number of halogens is 1. The minimum Gasteiger partial charge on any atom is -0.347 e. The molecular weight excluding hydrogens is 451 g/mol. The molecule has 0 aliphatic rings. The molecule has 1 amide bonds. The number of carbonyl (C=O) groups is 2. The summed E-state index contributed by atoms with van der Waals surface area (Å²) in [6.07, 6.45) is 0. The topological polar surface area (TPSA) is 51.1 Å². The first-order chi connectivity index (χ1) is 13.0. The summed E-state index contributed by atoms with van der Waals surface area (Å²) in [6, 6.07) is 19.6. The van der Waals surface area contributed by atoms with Gasteiger partial charge in [0.05, 0.1) is 0 Å². The van der Waals surface area contributed by atoms with Crippen molar-refractivity contribution in [2.75, 3.05) is 0 Å². The number of aromatic nitrogens is 1. The Hall–Kier alpha value is -2.41. The lowest BCUT2D eigenvalue weighted by molar-refractivity contribution is 0.0941. The molecule has 0 atom stereocenters. The van der Waals surface area contributed by atoms with E-state index in [1.54, 1.807) is 6.07 Å². The van der Waals surface area contributed by atoms with Crippen LogP contribution in [-0.2, 0) is 13.1 Å². The van der Waals surface area contributed by atoms with Gasteiger partial charge < -0.3 is 9.88 Å². The third kappa shape index (κ3) is 4.66. The van der Waals surface area contributed by atoms with Crippen LogP contribution in [0.15, 0.2) is 60.7 Å². The molecule has 3 rings (SSSR count). The maximum absolute atomic E-state index is 12.9. The summed E-state index contributed by atoms with van der Waals surface area (Å²) in [6.45, 7) is 4.41. The van der Waals surface area contributed by atoms with Crippen LogP contribution in [0.1, 0.15) is 44.6 Å². The Labute approximate surface area is 172 Å². The average molecular weight is 472 g/mol. The molecule has 0 radical (unpaired) electrons. The third-order valence-corrected chi connectivity index (χ3v) is 5.18. The third-order valence-electron chi connectivity index (χ3n) is 4.50. The van der Waals surface area contributed by atoms with Gasteiger partial charge in [-0.15, -0.1) is 0 Å². The second-order valence-electron chi connectivity index (χ2n) is 6.47. The molecule has 0 saturated heterocycles. The van der Waals surface area contributed by atoms with Crippen molar-refractivity contribution in [3.8, 4) is 0 Å². The minimum absolute atomic E-state index is 0.0361. The second-order valence-corrected chi connectivity index (χ2v) is 7.71. The summed E-state index contributed by atoms with van der Waals surface area (Å²) in [7, 11) is 0. The second kappa shape index (κ2) is 8.52. The fourth-order valence-corrected chi connectivity index (χ4v) is 3.69. The van der Waals surface area contributed by atoms with Crippen LogP contribution in [0.5, 0.6) is 0 Å². The highest BCUT2D eigenvalue weighted by Crippen LogP contribution is 2.19. The van der Waals surface area contributed by atoms with Gasteiger partial charge in [0.15, 0.2) is 5.78 Å². The van der Waals surface area contributed by atoms with Crippen LogP contribution in [0.3, 0.4) is 0 Å². The van der Waals surface area contributed by atoms with E-state index < -0.39 is 0 Å². The molecule has 138 valence electrons. The van der Waals surface area contributed by atoms with E-state index in [0.717, 1.165) is 20.4 Å². The lowest BCUT2D eigenvalue weighted by atomic mass is 10.2. The van der Waals surface area contributed by atoms with Crippen LogP contribution in [-0.4, -0.2) is 16.3 Å². The quantitative estimate of drug-likeness (QED) is 0.422. The number of nitrogens with one attached hydrogen (secondary N) is 1. The molecule has 1 aromatic heterocycles. The predicted octanol–water partition coefficient (Wildman–Crippen LogP) is 4.58. The molecule has 1 N–H and O–H groups in total. The number of carbonyl (C=O) groups excluding carboxylic acids is 2. The highest BCUT2D eigenvalue weighted by Gasteiger charge is 2.20. The first kappa shape index (κ1) is 19.4. The van der Waals surface area contributed by atoms with Crippen molar-refractivity contribution in [1.29, 1.82) is 0 Å². The SMILES string of the molecule is CC(=O)c1cc(C(=O)NCc2cccc(I)c2)n(Cc2ccccc2)c1C. The molecule has 0 aliphatic carbocycles. The van der Waals surface area contributed by atoms with Gasteiger partial charge in [-0.1, -0.05) is 42.5 Å². The Morgan fingerprint density at radius 3 is 2.37 bits per heavy atom. The molecule has 0 fully saturated rings. The summed E-state index contributed by atoms with van der Waals surface area (Å²) < 4.78 is 3.04. The molecule has 27 heavy (non-hydrogen) atoms. The van der Waals surface area contributed by atoms with Gasteiger partial charge in [-0.3, -0.25) is 9.59 Å². The van der Waals surface area contributed by atoms with Crippen LogP contribution in [0.2, 0.25) is 0 Å². The molecule has 3 aromatic rings. The zero-order valence-corrected chi connectivity index (χ0v) is 17.5. The summed E-state index contributed by atoms with van der Waals surface area (Å²) in [5.74, 6) is -0.216. The van der Waals surface area contributed by atoms with Crippen LogP contribution < -0.4 is 5.32 Å². The van der Waals surface area contributed by atoms with E-state index in [2.05, 4.69) is 27.9 Å². The predicted molar refractivity (Wildman–Crippen MR) is 115 cm³/mol. The molecule has 0 spiro atoms. The van der Waals surface area contributed by atoms with E-state index in [4.69, 9.17) is 0 Å². The average Bonchev–Trinajstić information content (AvgIpc) is 2.97. The Morgan fingerprint density at radius 2 is 1.70 bits per heavy atom. The fourth-order valence-electron chi connectivity index (χ4n) is 3.08. The normalized spacial score (nSPS) is 10.6. The standard InChI is InChI=1S/C22H21IN2O2/c1-15-20(16(2)26)12-21(25(15)14-17-7-4-3-5-8-17)22(27)24-13-18-9-6-10-19(23)11-18/h3-12H,13-14H2,1-2H3,(H,24,27). The summed E-state index contributed by atoms with van der Waals surface area (Å²) >= 11 is 2.25. The number of nitrogens with zero attached hydrogens (tertiary/aromatic N) is 1. The van der Waals surface area contributed by atoms with Gasteiger partial charge in [-0.2, -0.15) is 0 Å². The molecule has 0 saturated carbocycles. The van der Waals surface area contributed by atoms with Crippen molar-refractivity contribution in [3.63, 3.8) is 0 Å². The first-order valence-electron chi connectivity index (χ1n) is 8.73. The van der Waals surface area contributed by atoms with Gasteiger partial charge in [0, 0.05) is 27.9 Å². The lowest BCUT2D eigenvalue weighted by Gasteiger charge is -2.12. The zero-order chi connectivity index (χ0) is 19.4. The van der Waals surface area contributed by atoms with Crippen molar-refractivity contribution in [2.45, 2.75) is 26.9 Å². The van der Waals surface area contributed by atoms with Crippen molar-refractivity contribution >= 4 is 34.3 Å². The summed E-state index contributed by atoms with van der Waals surface area (Å²) in [5, 5.41) is 2.97. The van der Waals surface area contributed by atoms with Gasteiger partial charge in [-0.25, -0.2) is 0 Å². The number of Topliss-reactive ketones (excluding diaryl/α,β-unsaturated/α-hetero) is 1. The minimum atomic E-state index is -0.180. The summed E-state index contributed by atoms with van der Waals surface area (Å²) in [5.41, 5.74) is 4.03. The van der Waals surface area contributed by atoms with E-state index in [1.165, 1.54) is 6.92 Å². The summed E-state index contributed by atoms with van der Waals surface area (Å²) in [4.78, 5) is 24.8. The van der Waals surface area contributed by atoms with E-state index in [0.29, 0.717) is 24.3 Å². The Morgan fingerprint density at radius 1 is 1.00 bits per heavy atom. The van der Waals surface area contributed by atoms with E-state index in [1.807, 2.05) is 66.1 Å². The first-order valence-corrected chi connectivity index (χ1v) is 9.81. The van der Waals surface area contributed by atoms with Crippen LogP contribution in [0.25, 0.3) is 0 Å². The number of hydrogen-bond acceptors (Lipinski definition) is 2. The molecule has 2 aromatic carbocycles. The van der Waals surface area contributed by atoms with Crippen molar-refractivity contribution in [1.82, 2.24) is 9.88 Å². The number of ketones is 1. The van der Waals surface area contributed by atoms with Crippen molar-refractivity contribution < 1.29 is 9.59 Å². The smallest absolute Gasteiger partial charge is 0.268 e. The molecular formula is C22H21IN2O2. The van der Waals surface area contributed by atoms with Gasteiger partial charge in [-0.05, 0) is 65.8 Å². The fraction of sp³-hybridized carbons (Fsp3) is 0.182. The number of amides is 1. The van der Waals surface area contributed by atoms with Gasteiger partial charge in [0.2, 0.25) is 0 Å². The van der Waals surface area contributed by atoms with Gasteiger partial charge in [0.25, 0.3) is 5.91 Å². The Bertz CT molecular complexity index is 977. The largest absolute Gasteiger partial charge is 0.347 e. The maximum atomic E-state index is 12.9. The number of hydrogen-bond donors (Lipinski definition) is 1. The highest BCUT2D eigenvalue weighted by atomic mass is 127. The Kier molecular flexibility index (Phi) is 6.11. The van der Waals surface area contributed by atoms with Crippen LogP contribution in [0, 0.1) is 10.5 Å². The highest BCUT2D eigenvalue weighted by molar-refractivity contribution is 14.1. The molecule has 0 aliphatic heterocycles. The van der Waals surface area contributed by atoms with E-state index >= 15 is 0 Å². The van der Waals surface area contributed by atoms with Crippen LogP contribution in [0.4, 0.5) is 0 Å². The van der Waals surface area contributed by atoms with Crippen molar-refractivity contribution in [3.05, 3.63) is 92.3 Å². The van der Waals surface area contributed by atoms with E-state index in [-0.39, 0.29) is 11.7 Å². The van der Waals surface area contributed by atoms with Gasteiger partial charge in [0.1, 0.15) is 5.69 Å². The molecule has 4 nitrogen and oxygen atoms in total. The Balaban J connectivity index is 1.87. The molecule has 0 unspecified atom stereocenters. The number of benzene rings is 2. The molecule has 0 bridgehead atoms. The lowest BCUT2D eigenvalue weighted by Crippen LogP contribution is -2.26. The van der Waals surface area contributed by atoms with Gasteiger partial charge >= 0.3 is 0 Å². The van der Waals surface area contributed by atoms with Crippen molar-refractivity contribution in [2.24, 2.45) is 0 Å². The molecule has 5 heteroatoms. The maximum Gasteiger partial charge on any atom is 0.268 e. The monoisotopic (exact) mass is 472 g/mol. The van der Waals surface area contributed by atoms with E-state index in [9.17, 15) is 9.59 Å². The van der Waals surface area contributed by atoms with Crippen LogP contribution >= 0.6 is 22.6 Å².